The van der Waals surface area contributed by atoms with Gasteiger partial charge < -0.3 is 9.26 Å². The van der Waals surface area contributed by atoms with Gasteiger partial charge in [0, 0.05) is 9.52 Å². The van der Waals surface area contributed by atoms with Crippen molar-refractivity contribution in [3.63, 3.8) is 0 Å². The van der Waals surface area contributed by atoms with Crippen LogP contribution in [0.25, 0.3) is 0 Å². The molecule has 5 heteroatoms. The van der Waals surface area contributed by atoms with Gasteiger partial charge in [-0.3, -0.25) is 0 Å². The van der Waals surface area contributed by atoms with Crippen molar-refractivity contribution in [1.29, 1.82) is 0 Å². The van der Waals surface area contributed by atoms with Gasteiger partial charge in [0.25, 0.3) is 0 Å². The summed E-state index contributed by atoms with van der Waals surface area (Å²) in [5.74, 6) is 0. The smallest absolute Gasteiger partial charge is 0.343 e. The zero-order valence-corrected chi connectivity index (χ0v) is 11.5. The first-order chi connectivity index (χ1) is 6.80. The second-order valence-corrected chi connectivity index (χ2v) is 9.15. The number of carbonyl (C=O) groups is 1. The molecule has 4 radical (unpaired) electrons. The molecule has 0 saturated carbocycles. The molecule has 1 fully saturated rings. The summed E-state index contributed by atoms with van der Waals surface area (Å²) in [5.41, 5.74) is 1.01. The lowest BCUT2D eigenvalue weighted by Crippen LogP contribution is -2.22. The van der Waals surface area contributed by atoms with E-state index in [1.807, 2.05) is 0 Å². The van der Waals surface area contributed by atoms with Crippen LogP contribution in [0.1, 0.15) is 32.1 Å². The molecule has 0 aromatic rings. The maximum absolute atomic E-state index is 11.5. The highest BCUT2D eigenvalue weighted by molar-refractivity contribution is 7.07. The zero-order chi connectivity index (χ0) is 10.2. The molecular weight excluding hydrogens is 224 g/mol. The molecule has 0 unspecified atom stereocenters. The maximum atomic E-state index is 11.5. The van der Waals surface area contributed by atoms with Crippen molar-refractivity contribution in [1.82, 2.24) is 0 Å². The molecule has 0 bridgehead atoms. The lowest BCUT2D eigenvalue weighted by Gasteiger charge is -2.03. The van der Waals surface area contributed by atoms with Gasteiger partial charge >= 0.3 is 8.68 Å². The minimum Gasteiger partial charge on any atom is -0.380 e. The molecule has 1 aliphatic heterocycles. The van der Waals surface area contributed by atoms with Crippen molar-refractivity contribution in [2.24, 2.45) is 0 Å². The van der Waals surface area contributed by atoms with E-state index in [2.05, 4.69) is 0 Å². The second kappa shape index (κ2) is 7.42. The normalized spacial score (nSPS) is 22.6. The number of rotatable bonds is 0. The third-order valence-corrected chi connectivity index (χ3v) is 7.80. The summed E-state index contributed by atoms with van der Waals surface area (Å²) in [4.78, 5) is 11.4. The van der Waals surface area contributed by atoms with Gasteiger partial charge in [0.15, 0.2) is 5.03 Å². The Morgan fingerprint density at radius 2 is 1.79 bits per heavy atom. The number of hydrogen-bond acceptors (Lipinski definition) is 2. The van der Waals surface area contributed by atoms with Crippen LogP contribution in [0.4, 0.5) is 4.79 Å². The van der Waals surface area contributed by atoms with Crippen molar-refractivity contribution in [3.05, 3.63) is 0 Å². The third kappa shape index (κ3) is 5.11. The Hall–Kier alpha value is 0.121. The Labute approximate surface area is 92.2 Å². The molecule has 0 spiro atoms. The molecule has 1 heterocycles. The fourth-order valence-corrected chi connectivity index (χ4v) is 6.62. The Morgan fingerprint density at radius 1 is 1.07 bits per heavy atom. The summed E-state index contributed by atoms with van der Waals surface area (Å²) in [6.45, 7) is 0. The molecule has 0 aromatic heterocycles. The summed E-state index contributed by atoms with van der Waals surface area (Å²) >= 11 is 0. The lowest BCUT2D eigenvalue weighted by atomic mass is 10.2. The number of carbonyl (C=O) groups excluding carboxylic acids is 1. The van der Waals surface area contributed by atoms with Gasteiger partial charge in [-0.1, -0.05) is 37.4 Å². The summed E-state index contributed by atoms with van der Waals surface area (Å²) in [6, 6.07) is 1.96. The van der Waals surface area contributed by atoms with Gasteiger partial charge in [-0.25, -0.2) is 0 Å². The second-order valence-electron chi connectivity index (χ2n) is 3.62. The van der Waals surface area contributed by atoms with Crippen molar-refractivity contribution in [2.75, 3.05) is 0 Å². The van der Waals surface area contributed by atoms with Crippen LogP contribution in [-0.2, 0) is 4.46 Å². The molecule has 1 rings (SSSR count). The monoisotopic (exact) mass is 240 g/mol. The van der Waals surface area contributed by atoms with Crippen LogP contribution in [0.3, 0.4) is 0 Å². The predicted molar refractivity (Wildman–Crippen MR) is 60.9 cm³/mol. The summed E-state index contributed by atoms with van der Waals surface area (Å²) in [6.07, 6.45) is 6.07. The van der Waals surface area contributed by atoms with Crippen LogP contribution in [0.5, 0.6) is 0 Å². The molecule has 14 heavy (non-hydrogen) atoms. The molecule has 0 aromatic carbocycles. The van der Waals surface area contributed by atoms with E-state index in [-0.39, 0.29) is 5.03 Å². The Bertz CT molecular complexity index is 184. The van der Waals surface area contributed by atoms with Gasteiger partial charge in [0.2, 0.25) is 0 Å². The molecule has 76 valence electrons. The molecular formula is C9H16O2Si3. The minimum absolute atomic E-state index is 0.0862. The van der Waals surface area contributed by atoms with Crippen LogP contribution in [0.2, 0.25) is 17.8 Å². The van der Waals surface area contributed by atoms with E-state index < -0.39 is 8.68 Å². The van der Waals surface area contributed by atoms with Crippen LogP contribution in [-0.4, -0.2) is 32.8 Å². The van der Waals surface area contributed by atoms with E-state index in [1.54, 1.807) is 0 Å². The van der Waals surface area contributed by atoms with Crippen molar-refractivity contribution >= 4 is 32.8 Å². The molecule has 0 aliphatic carbocycles. The summed E-state index contributed by atoms with van der Waals surface area (Å²) < 4.78 is 11.5. The average molecular weight is 240 g/mol. The van der Waals surface area contributed by atoms with Crippen molar-refractivity contribution in [3.8, 4) is 0 Å². The van der Waals surface area contributed by atoms with Gasteiger partial charge in [-0.2, -0.15) is 0 Å². The first kappa shape index (κ1) is 12.2. The van der Waals surface area contributed by atoms with Crippen LogP contribution in [0.15, 0.2) is 0 Å². The SMILES string of the molecule is O=C1[Si]C[Si]CCCCCCC[Si]1=O. The van der Waals surface area contributed by atoms with E-state index in [1.165, 1.54) is 25.3 Å². The average Bonchev–Trinajstić information content (AvgIpc) is 2.18. The van der Waals surface area contributed by atoms with Gasteiger partial charge in [-0.15, -0.1) is 0 Å². The quantitative estimate of drug-likeness (QED) is 0.609. The molecule has 0 amide bonds. The van der Waals surface area contributed by atoms with E-state index in [9.17, 15) is 9.26 Å². The van der Waals surface area contributed by atoms with Crippen LogP contribution >= 0.6 is 0 Å². The molecule has 1 aliphatic rings. The topological polar surface area (TPSA) is 34.1 Å². The molecule has 2 nitrogen and oxygen atoms in total. The van der Waals surface area contributed by atoms with Crippen LogP contribution in [0, 0.1) is 0 Å². The fraction of sp³-hybridized carbons (Fsp3) is 0.889. The standard InChI is InChI=1S/C9H16O2Si3/c10-9-13-8-12-6-4-2-1-3-5-7-14(9)11/h1-8H2. The highest BCUT2D eigenvalue weighted by Gasteiger charge is 2.16. The predicted octanol–water partition coefficient (Wildman–Crippen LogP) is 2.28. The van der Waals surface area contributed by atoms with E-state index in [4.69, 9.17) is 0 Å². The first-order valence-electron chi connectivity index (χ1n) is 5.32. The van der Waals surface area contributed by atoms with E-state index in [0.717, 1.165) is 28.0 Å². The molecule has 0 atom stereocenters. The highest BCUT2D eigenvalue weighted by Crippen LogP contribution is 2.09. The zero-order valence-electron chi connectivity index (χ0n) is 8.47. The van der Waals surface area contributed by atoms with Crippen molar-refractivity contribution < 1.29 is 9.26 Å². The third-order valence-electron chi connectivity index (χ3n) is 2.38. The molecule has 0 N–H and O–H groups in total. The highest BCUT2D eigenvalue weighted by atomic mass is 28.3. The summed E-state index contributed by atoms with van der Waals surface area (Å²) in [5, 5.41) is 0.0862. The molecule has 1 saturated heterocycles. The number of hydrogen-bond donors (Lipinski definition) is 0. The van der Waals surface area contributed by atoms with Gasteiger partial charge in [0.05, 0.1) is 0 Å². The lowest BCUT2D eigenvalue weighted by molar-refractivity contribution is 0.272. The largest absolute Gasteiger partial charge is 0.380 e. The Balaban J connectivity index is 2.31. The fourth-order valence-electron chi connectivity index (χ4n) is 1.51. The van der Waals surface area contributed by atoms with E-state index >= 15 is 0 Å². The Kier molecular flexibility index (Phi) is 6.46. The minimum atomic E-state index is -1.87. The van der Waals surface area contributed by atoms with Gasteiger partial charge in [0.1, 0.15) is 9.52 Å². The van der Waals surface area contributed by atoms with Crippen molar-refractivity contribution in [2.45, 2.75) is 49.9 Å². The van der Waals surface area contributed by atoms with Gasteiger partial charge in [-0.05, 0) is 12.5 Å². The summed E-state index contributed by atoms with van der Waals surface area (Å²) in [7, 11) is -0.609. The van der Waals surface area contributed by atoms with Crippen LogP contribution < -0.4 is 0 Å². The van der Waals surface area contributed by atoms with E-state index in [0.29, 0.717) is 15.6 Å². The Morgan fingerprint density at radius 3 is 2.64 bits per heavy atom. The first-order valence-corrected chi connectivity index (χ1v) is 9.56. The maximum Gasteiger partial charge on any atom is 0.343 e.